The summed E-state index contributed by atoms with van der Waals surface area (Å²) in [5, 5.41) is 9.36. The number of hydrogen-bond donors (Lipinski definition) is 0. The molecule has 0 radical (unpaired) electrons. The van der Waals surface area contributed by atoms with Crippen molar-refractivity contribution in [3.8, 4) is 0 Å². The Bertz CT molecular complexity index is 835. The molecule has 102 valence electrons. The summed E-state index contributed by atoms with van der Waals surface area (Å²) in [5.74, 6) is 0. The zero-order valence-electron chi connectivity index (χ0n) is 12.0. The van der Waals surface area contributed by atoms with E-state index in [0.29, 0.717) is 0 Å². The Morgan fingerprint density at radius 3 is 2.48 bits per heavy atom. The highest BCUT2D eigenvalue weighted by molar-refractivity contribution is 6.20. The number of hydrogen-bond acceptors (Lipinski definition) is 2. The molecule has 4 rings (SSSR count). The molecule has 0 N–H and O–H groups in total. The van der Waals surface area contributed by atoms with Crippen LogP contribution in [0, 0.1) is 0 Å². The van der Waals surface area contributed by atoms with Crippen molar-refractivity contribution in [3.05, 3.63) is 83.4 Å². The van der Waals surface area contributed by atoms with E-state index in [-0.39, 0.29) is 0 Å². The van der Waals surface area contributed by atoms with Gasteiger partial charge in [-0.25, -0.2) is 0 Å². The van der Waals surface area contributed by atoms with Gasteiger partial charge in [0.15, 0.2) is 0 Å². The van der Waals surface area contributed by atoms with Crippen LogP contribution in [0.5, 0.6) is 0 Å². The maximum absolute atomic E-state index is 4.79. The van der Waals surface area contributed by atoms with Crippen LogP contribution in [-0.4, -0.2) is 17.8 Å². The van der Waals surface area contributed by atoms with Crippen LogP contribution in [0.4, 0.5) is 0 Å². The lowest BCUT2D eigenvalue weighted by molar-refractivity contribution is 0.341. The molecule has 0 aromatic heterocycles. The van der Waals surface area contributed by atoms with Crippen molar-refractivity contribution in [1.82, 2.24) is 5.01 Å². The molecule has 1 heterocycles. The van der Waals surface area contributed by atoms with Gasteiger partial charge in [-0.2, -0.15) is 5.10 Å². The lowest BCUT2D eigenvalue weighted by atomic mass is 9.91. The van der Waals surface area contributed by atoms with E-state index in [9.17, 15) is 0 Å². The molecular weight excluding hydrogens is 256 g/mol. The van der Waals surface area contributed by atoms with Crippen molar-refractivity contribution in [3.63, 3.8) is 0 Å². The molecule has 3 aromatic rings. The van der Waals surface area contributed by atoms with Crippen LogP contribution in [0.15, 0.2) is 71.8 Å². The van der Waals surface area contributed by atoms with Crippen molar-refractivity contribution >= 4 is 16.5 Å². The second-order valence-electron chi connectivity index (χ2n) is 5.45. The SMILES string of the molecule is CN1Cc2ccc3ccccc3c2C(c2ccccc2)=N1. The van der Waals surface area contributed by atoms with Gasteiger partial charge in [-0.05, 0) is 16.3 Å². The maximum atomic E-state index is 4.79. The first-order valence-electron chi connectivity index (χ1n) is 7.19. The molecule has 0 saturated carbocycles. The van der Waals surface area contributed by atoms with Crippen LogP contribution < -0.4 is 0 Å². The van der Waals surface area contributed by atoms with Crippen molar-refractivity contribution in [2.45, 2.75) is 6.54 Å². The summed E-state index contributed by atoms with van der Waals surface area (Å²) in [6.07, 6.45) is 0. The van der Waals surface area contributed by atoms with Gasteiger partial charge in [0.25, 0.3) is 0 Å². The van der Waals surface area contributed by atoms with Gasteiger partial charge in [-0.1, -0.05) is 66.7 Å². The van der Waals surface area contributed by atoms with Crippen LogP contribution in [0.3, 0.4) is 0 Å². The first-order valence-corrected chi connectivity index (χ1v) is 7.19. The van der Waals surface area contributed by atoms with E-state index in [1.54, 1.807) is 0 Å². The molecule has 1 aliphatic rings. The zero-order valence-corrected chi connectivity index (χ0v) is 12.0. The Kier molecular flexibility index (Phi) is 2.74. The molecule has 0 amide bonds. The molecule has 0 spiro atoms. The second-order valence-corrected chi connectivity index (χ2v) is 5.45. The second kappa shape index (κ2) is 4.74. The largest absolute Gasteiger partial charge is 0.295 e. The first-order chi connectivity index (χ1) is 10.3. The van der Waals surface area contributed by atoms with E-state index in [0.717, 1.165) is 12.3 Å². The number of hydrazone groups is 1. The van der Waals surface area contributed by atoms with Gasteiger partial charge in [0.05, 0.1) is 12.3 Å². The average molecular weight is 272 g/mol. The fraction of sp³-hybridized carbons (Fsp3) is 0.105. The van der Waals surface area contributed by atoms with E-state index >= 15 is 0 Å². The zero-order chi connectivity index (χ0) is 14.2. The van der Waals surface area contributed by atoms with Crippen molar-refractivity contribution < 1.29 is 0 Å². The average Bonchev–Trinajstić information content (AvgIpc) is 2.54. The highest BCUT2D eigenvalue weighted by Gasteiger charge is 2.20. The summed E-state index contributed by atoms with van der Waals surface area (Å²) < 4.78 is 0. The van der Waals surface area contributed by atoms with Crippen LogP contribution in [-0.2, 0) is 6.54 Å². The van der Waals surface area contributed by atoms with Gasteiger partial charge in [0.1, 0.15) is 0 Å². The minimum atomic E-state index is 0.858. The Labute approximate surface area is 124 Å². The quantitative estimate of drug-likeness (QED) is 0.653. The molecule has 0 fully saturated rings. The van der Waals surface area contributed by atoms with Gasteiger partial charge in [-0.3, -0.25) is 5.01 Å². The van der Waals surface area contributed by atoms with Crippen LogP contribution in [0.25, 0.3) is 10.8 Å². The third kappa shape index (κ3) is 2.00. The van der Waals surface area contributed by atoms with E-state index in [2.05, 4.69) is 60.7 Å². The molecule has 3 aromatic carbocycles. The van der Waals surface area contributed by atoms with Gasteiger partial charge in [0, 0.05) is 18.2 Å². The number of nitrogens with zero attached hydrogens (tertiary/aromatic N) is 2. The van der Waals surface area contributed by atoms with Crippen molar-refractivity contribution in [2.75, 3.05) is 7.05 Å². The van der Waals surface area contributed by atoms with E-state index < -0.39 is 0 Å². The summed E-state index contributed by atoms with van der Waals surface area (Å²) in [4.78, 5) is 0. The number of fused-ring (bicyclic) bond motifs is 3. The topological polar surface area (TPSA) is 15.6 Å². The molecule has 21 heavy (non-hydrogen) atoms. The third-order valence-corrected chi connectivity index (χ3v) is 3.97. The standard InChI is InChI=1S/C19H16N2/c1-21-13-16-12-11-14-7-5-6-10-17(14)18(16)19(20-21)15-8-3-2-4-9-15/h2-12H,13H2,1H3. The lowest BCUT2D eigenvalue weighted by Crippen LogP contribution is -2.23. The maximum Gasteiger partial charge on any atom is 0.0985 e. The molecule has 0 aliphatic carbocycles. The first kappa shape index (κ1) is 12.2. The van der Waals surface area contributed by atoms with E-state index in [1.807, 2.05) is 18.1 Å². The lowest BCUT2D eigenvalue weighted by Gasteiger charge is -2.25. The van der Waals surface area contributed by atoms with Gasteiger partial charge >= 0.3 is 0 Å². The molecule has 0 saturated heterocycles. The smallest absolute Gasteiger partial charge is 0.0985 e. The monoisotopic (exact) mass is 272 g/mol. The fourth-order valence-electron chi connectivity index (χ4n) is 3.03. The van der Waals surface area contributed by atoms with Crippen LogP contribution >= 0.6 is 0 Å². The summed E-state index contributed by atoms with van der Waals surface area (Å²) in [6, 6.07) is 23.4. The summed E-state index contributed by atoms with van der Waals surface area (Å²) >= 11 is 0. The van der Waals surface area contributed by atoms with Crippen LogP contribution in [0.2, 0.25) is 0 Å². The Hall–Kier alpha value is -2.61. The predicted molar refractivity (Wildman–Crippen MR) is 87.5 cm³/mol. The fourth-order valence-corrected chi connectivity index (χ4v) is 3.03. The van der Waals surface area contributed by atoms with Crippen LogP contribution in [0.1, 0.15) is 16.7 Å². The normalized spacial score (nSPS) is 14.0. The molecule has 0 atom stereocenters. The summed E-state index contributed by atoms with van der Waals surface area (Å²) in [7, 11) is 2.03. The van der Waals surface area contributed by atoms with Gasteiger partial charge in [0.2, 0.25) is 0 Å². The highest BCUT2D eigenvalue weighted by Crippen LogP contribution is 2.29. The molecule has 1 aliphatic heterocycles. The molecule has 0 unspecified atom stereocenters. The van der Waals surface area contributed by atoms with Crippen molar-refractivity contribution in [2.24, 2.45) is 5.10 Å². The third-order valence-electron chi connectivity index (χ3n) is 3.97. The highest BCUT2D eigenvalue weighted by atomic mass is 15.4. The number of rotatable bonds is 1. The van der Waals surface area contributed by atoms with Crippen molar-refractivity contribution in [1.29, 1.82) is 0 Å². The predicted octanol–water partition coefficient (Wildman–Crippen LogP) is 4.04. The molecule has 2 heteroatoms. The Morgan fingerprint density at radius 2 is 1.62 bits per heavy atom. The minimum Gasteiger partial charge on any atom is -0.295 e. The van der Waals surface area contributed by atoms with Gasteiger partial charge < -0.3 is 0 Å². The molecular formula is C19H16N2. The summed E-state index contributed by atoms with van der Waals surface area (Å²) in [5.41, 5.74) is 4.85. The molecule has 0 bridgehead atoms. The molecule has 2 nitrogen and oxygen atoms in total. The van der Waals surface area contributed by atoms with E-state index in [1.165, 1.54) is 27.5 Å². The van der Waals surface area contributed by atoms with Gasteiger partial charge in [-0.15, -0.1) is 0 Å². The minimum absolute atomic E-state index is 0.858. The number of benzene rings is 3. The Balaban J connectivity index is 2.04. The summed E-state index contributed by atoms with van der Waals surface area (Å²) in [6.45, 7) is 0.858. The van der Waals surface area contributed by atoms with E-state index in [4.69, 9.17) is 5.10 Å². The Morgan fingerprint density at radius 1 is 0.857 bits per heavy atom.